The minimum absolute atomic E-state index is 0.139. The summed E-state index contributed by atoms with van der Waals surface area (Å²) in [7, 11) is 0. The fourth-order valence-corrected chi connectivity index (χ4v) is 0.624. The lowest BCUT2D eigenvalue weighted by molar-refractivity contribution is 0.909. The molecule has 0 aliphatic carbocycles. The average Bonchev–Trinajstić information content (AvgIpc) is 2.07. The summed E-state index contributed by atoms with van der Waals surface area (Å²) < 4.78 is 36.1. The van der Waals surface area contributed by atoms with E-state index in [0.29, 0.717) is 5.56 Å². The Balaban J connectivity index is 3.22. The topological polar surface area (TPSA) is 25.8 Å². The van der Waals surface area contributed by atoms with Crippen molar-refractivity contribution in [1.82, 2.24) is 10.2 Å². The van der Waals surface area contributed by atoms with Crippen LogP contribution in [0.4, 0.5) is 0 Å². The van der Waals surface area contributed by atoms with Gasteiger partial charge in [0.2, 0.25) is 0 Å². The molecule has 0 aliphatic rings. The predicted octanol–water partition coefficient (Wildman–Crippen LogP) is 2.00. The van der Waals surface area contributed by atoms with Crippen LogP contribution in [0.3, 0.4) is 0 Å². The van der Waals surface area contributed by atoms with Gasteiger partial charge in [0, 0.05) is 6.85 Å². The molecule has 0 fully saturated rings. The van der Waals surface area contributed by atoms with E-state index in [2.05, 4.69) is 10.2 Å². The molecule has 0 atom stereocenters. The molecule has 1 aromatic rings. The molecule has 1 heterocycles. The van der Waals surface area contributed by atoms with Crippen LogP contribution < -0.4 is 0 Å². The highest BCUT2D eigenvalue weighted by molar-refractivity contribution is 6.30. The van der Waals surface area contributed by atoms with Crippen LogP contribution in [0, 0.1) is 6.92 Å². The molecule has 54 valence electrons. The van der Waals surface area contributed by atoms with Gasteiger partial charge in [0.25, 0.3) is 0 Å². The van der Waals surface area contributed by atoms with Crippen LogP contribution in [0.15, 0.2) is 6.07 Å². The van der Waals surface area contributed by atoms with Gasteiger partial charge in [-0.15, -0.1) is 5.10 Å². The summed E-state index contributed by atoms with van der Waals surface area (Å²) in [5.41, 5.74) is 0.263. The highest BCUT2D eigenvalue weighted by Gasteiger charge is 1.97. The first-order chi connectivity index (χ1) is 6.66. The molecule has 1 rings (SSSR count). The standard InChI is InChI=1S/C7H9ClN2/c1-3-6-4-5(2)7(8)10-9-6/h4H,3H2,1-2H3/i1D3,3D2. The van der Waals surface area contributed by atoms with Crippen molar-refractivity contribution in [1.29, 1.82) is 0 Å². The van der Waals surface area contributed by atoms with Crippen LogP contribution in [0.2, 0.25) is 5.15 Å². The van der Waals surface area contributed by atoms with Crippen molar-refractivity contribution in [2.45, 2.75) is 20.1 Å². The summed E-state index contributed by atoms with van der Waals surface area (Å²) in [5.74, 6) is 0. The van der Waals surface area contributed by atoms with E-state index >= 15 is 0 Å². The normalized spacial score (nSPS) is 20.0. The van der Waals surface area contributed by atoms with Gasteiger partial charge in [-0.05, 0) is 24.9 Å². The summed E-state index contributed by atoms with van der Waals surface area (Å²) in [5, 5.41) is 7.08. The summed E-state index contributed by atoms with van der Waals surface area (Å²) in [6, 6.07) is 1.29. The number of halogens is 1. The lowest BCUT2D eigenvalue weighted by atomic mass is 10.2. The number of aromatic nitrogens is 2. The molecule has 0 saturated heterocycles. The second-order valence-corrected chi connectivity index (χ2v) is 2.19. The van der Waals surface area contributed by atoms with Crippen molar-refractivity contribution >= 4 is 11.6 Å². The quantitative estimate of drug-likeness (QED) is 0.630. The second-order valence-electron chi connectivity index (χ2n) is 1.83. The summed E-state index contributed by atoms with van der Waals surface area (Å²) in [4.78, 5) is 0. The number of rotatable bonds is 1. The molecule has 0 radical (unpaired) electrons. The Labute approximate surface area is 72.3 Å². The molecule has 2 nitrogen and oxygen atoms in total. The monoisotopic (exact) mass is 161 g/mol. The Kier molecular flexibility index (Phi) is 0.944. The molecule has 0 saturated carbocycles. The van der Waals surface area contributed by atoms with Gasteiger partial charge in [-0.3, -0.25) is 0 Å². The molecule has 0 N–H and O–H groups in total. The van der Waals surface area contributed by atoms with Gasteiger partial charge in [-0.2, -0.15) is 5.10 Å². The molecule has 10 heavy (non-hydrogen) atoms. The van der Waals surface area contributed by atoms with Gasteiger partial charge < -0.3 is 0 Å². The fraction of sp³-hybridized carbons (Fsp3) is 0.429. The lowest BCUT2D eigenvalue weighted by Gasteiger charge is -1.96. The predicted molar refractivity (Wildman–Crippen MR) is 41.2 cm³/mol. The van der Waals surface area contributed by atoms with E-state index in [1.807, 2.05) is 0 Å². The van der Waals surface area contributed by atoms with Crippen molar-refractivity contribution in [3.05, 3.63) is 22.5 Å². The summed E-state index contributed by atoms with van der Waals surface area (Å²) >= 11 is 5.61. The van der Waals surface area contributed by atoms with Crippen LogP contribution in [-0.4, -0.2) is 10.2 Å². The first kappa shape index (κ1) is 3.18. The summed E-state index contributed by atoms with van der Waals surface area (Å²) in [6.45, 7) is -1.17. The number of hydrogen-bond donors (Lipinski definition) is 0. The third-order valence-corrected chi connectivity index (χ3v) is 1.43. The van der Waals surface area contributed by atoms with Gasteiger partial charge in [0.05, 0.1) is 5.69 Å². The molecule has 0 spiro atoms. The zero-order valence-corrected chi connectivity index (χ0v) is 6.11. The van der Waals surface area contributed by atoms with Crippen molar-refractivity contribution in [3.8, 4) is 0 Å². The molecule has 3 heteroatoms. The van der Waals surface area contributed by atoms with E-state index in [1.54, 1.807) is 6.92 Å². The van der Waals surface area contributed by atoms with Gasteiger partial charge in [-0.25, -0.2) is 0 Å². The van der Waals surface area contributed by atoms with Crippen molar-refractivity contribution < 1.29 is 6.85 Å². The average molecular weight is 162 g/mol. The van der Waals surface area contributed by atoms with E-state index in [4.69, 9.17) is 18.5 Å². The van der Waals surface area contributed by atoms with Gasteiger partial charge in [0.1, 0.15) is 0 Å². The van der Waals surface area contributed by atoms with E-state index in [9.17, 15) is 0 Å². The minimum atomic E-state index is -2.78. The number of aryl methyl sites for hydroxylation is 2. The third-order valence-electron chi connectivity index (χ3n) is 1.05. The molecule has 0 bridgehead atoms. The minimum Gasteiger partial charge on any atom is -0.154 e. The zero-order valence-electron chi connectivity index (χ0n) is 10.3. The van der Waals surface area contributed by atoms with Crippen LogP contribution >= 0.6 is 11.6 Å². The fourth-order valence-electron chi connectivity index (χ4n) is 0.531. The van der Waals surface area contributed by atoms with Crippen molar-refractivity contribution in [3.63, 3.8) is 0 Å². The van der Waals surface area contributed by atoms with E-state index in [0.717, 1.165) is 0 Å². The second kappa shape index (κ2) is 2.97. The Morgan fingerprint density at radius 2 is 2.60 bits per heavy atom. The van der Waals surface area contributed by atoms with Gasteiger partial charge in [-0.1, -0.05) is 18.5 Å². The lowest BCUT2D eigenvalue weighted by Crippen LogP contribution is -1.92. The Morgan fingerprint density at radius 1 is 1.80 bits per heavy atom. The Bertz CT molecular complexity index is 376. The first-order valence-electron chi connectivity index (χ1n) is 5.16. The smallest absolute Gasteiger partial charge is 0.154 e. The number of nitrogens with zero attached hydrogens (tertiary/aromatic N) is 2. The summed E-state index contributed by atoms with van der Waals surface area (Å²) in [6.07, 6.45) is -2.52. The van der Waals surface area contributed by atoms with E-state index in [1.165, 1.54) is 6.07 Å². The van der Waals surface area contributed by atoms with Crippen LogP contribution in [0.1, 0.15) is 25.0 Å². The third kappa shape index (κ3) is 1.45. The number of hydrogen-bond acceptors (Lipinski definition) is 2. The highest BCUT2D eigenvalue weighted by Crippen LogP contribution is 2.10. The first-order valence-corrected chi connectivity index (χ1v) is 3.04. The molecule has 0 aliphatic heterocycles. The SMILES string of the molecule is [2H]C([2H])([2H])C([2H])([2H])c1cc(C)c(Cl)nn1. The maximum atomic E-state index is 7.44. The van der Waals surface area contributed by atoms with Gasteiger partial charge >= 0.3 is 0 Å². The molecule has 0 amide bonds. The molecular formula is C7H9ClN2. The molecule has 1 aromatic heterocycles. The van der Waals surface area contributed by atoms with Crippen LogP contribution in [0.25, 0.3) is 0 Å². The molecule has 0 aromatic carbocycles. The Hall–Kier alpha value is -0.630. The zero-order chi connectivity index (χ0) is 11.9. The van der Waals surface area contributed by atoms with Crippen LogP contribution in [0.5, 0.6) is 0 Å². The largest absolute Gasteiger partial charge is 0.154 e. The van der Waals surface area contributed by atoms with E-state index in [-0.39, 0.29) is 10.8 Å². The molecular weight excluding hydrogens is 148 g/mol. The maximum absolute atomic E-state index is 7.44. The molecule has 0 unspecified atom stereocenters. The van der Waals surface area contributed by atoms with Crippen molar-refractivity contribution in [2.24, 2.45) is 0 Å². The van der Waals surface area contributed by atoms with Gasteiger partial charge in [0.15, 0.2) is 5.15 Å². The van der Waals surface area contributed by atoms with E-state index < -0.39 is 13.2 Å². The Morgan fingerprint density at radius 3 is 3.20 bits per heavy atom. The van der Waals surface area contributed by atoms with Crippen LogP contribution in [-0.2, 0) is 6.37 Å². The maximum Gasteiger partial charge on any atom is 0.154 e. The highest BCUT2D eigenvalue weighted by atomic mass is 35.5. The van der Waals surface area contributed by atoms with Crippen molar-refractivity contribution in [2.75, 3.05) is 0 Å².